The lowest BCUT2D eigenvalue weighted by molar-refractivity contribution is -0.153. The Balaban J connectivity index is 0. The minimum absolute atomic E-state index is 0. The highest BCUT2D eigenvalue weighted by Crippen LogP contribution is 2.36. The Kier molecular flexibility index (Phi) is 15.4. The third kappa shape index (κ3) is 12.1. The number of rotatable bonds is 13. The van der Waals surface area contributed by atoms with Crippen molar-refractivity contribution in [3.8, 4) is 0 Å². The molecule has 0 aliphatic carbocycles. The van der Waals surface area contributed by atoms with Gasteiger partial charge in [0.05, 0.1) is 5.41 Å². The molecule has 178 valence electrons. The van der Waals surface area contributed by atoms with Crippen molar-refractivity contribution in [1.29, 1.82) is 0 Å². The molecular weight excluding hydrogens is 411 g/mol. The summed E-state index contributed by atoms with van der Waals surface area (Å²) in [5.41, 5.74) is 0.538. The zero-order chi connectivity index (χ0) is 21.9. The summed E-state index contributed by atoms with van der Waals surface area (Å²) in [7, 11) is -4.36. The molecule has 1 aromatic rings. The second-order valence-corrected chi connectivity index (χ2v) is 9.54. The third-order valence-electron chi connectivity index (χ3n) is 5.38. The summed E-state index contributed by atoms with van der Waals surface area (Å²) in [4.78, 5) is 30.0. The van der Waals surface area contributed by atoms with Gasteiger partial charge in [-0.05, 0) is 56.4 Å². The average Bonchev–Trinajstić information content (AvgIpc) is 2.70. The van der Waals surface area contributed by atoms with E-state index < -0.39 is 25.3 Å². The maximum Gasteiger partial charge on any atom is 0.362 e. The van der Waals surface area contributed by atoms with Gasteiger partial charge in [0, 0.05) is 0 Å². The largest absolute Gasteiger partial charge is 0.452 e. The van der Waals surface area contributed by atoms with Crippen LogP contribution in [0.25, 0.3) is 0 Å². The summed E-state index contributed by atoms with van der Waals surface area (Å²) in [5.74, 6) is 0.311. The normalized spacial score (nSPS) is 15.1. The van der Waals surface area contributed by atoms with Crippen LogP contribution in [0, 0.1) is 11.3 Å². The average molecular weight is 455 g/mol. The fraction of sp³-hybridized carbons (Fsp3) is 0.560. The van der Waals surface area contributed by atoms with Crippen LogP contribution in [0.15, 0.2) is 55.1 Å². The molecule has 0 saturated heterocycles. The van der Waals surface area contributed by atoms with Crippen LogP contribution in [0.1, 0.15) is 79.2 Å². The number of hydrogen-bond acceptors (Lipinski definition) is 3. The zero-order valence-electron chi connectivity index (χ0n) is 17.8. The van der Waals surface area contributed by atoms with E-state index in [9.17, 15) is 9.36 Å². The van der Waals surface area contributed by atoms with Gasteiger partial charge in [-0.25, -0.2) is 0 Å². The van der Waals surface area contributed by atoms with Crippen LogP contribution in [-0.4, -0.2) is 22.1 Å². The van der Waals surface area contributed by atoms with E-state index in [2.05, 4.69) is 43.8 Å². The van der Waals surface area contributed by atoms with Crippen molar-refractivity contribution in [3.05, 3.63) is 60.7 Å². The molecule has 0 heterocycles. The SMILES string of the molecule is C.C.C=CC(C)CC(CC/C=C\CC(C)(CC)C(=O)OCP(=O)(O)O)c1ccccc1. The van der Waals surface area contributed by atoms with Crippen molar-refractivity contribution in [2.75, 3.05) is 6.35 Å². The van der Waals surface area contributed by atoms with E-state index in [-0.39, 0.29) is 14.9 Å². The standard InChI is InChI=1S/C23H35O5P.2CH4/c1-5-19(3)17-21(20-13-9-7-10-14-20)15-11-8-12-16-23(4,6-2)22(24)28-18-29(25,26)27;;/h5,7-10,12-14,19,21H,1,6,11,15-18H2,2-4H3,(H2,25,26,27);2*1H4/b12-8-;;. The van der Waals surface area contributed by atoms with Crippen LogP contribution in [0.4, 0.5) is 0 Å². The molecule has 2 N–H and O–H groups in total. The zero-order valence-corrected chi connectivity index (χ0v) is 18.7. The first-order chi connectivity index (χ1) is 13.6. The highest BCUT2D eigenvalue weighted by molar-refractivity contribution is 7.51. The van der Waals surface area contributed by atoms with E-state index in [1.807, 2.05) is 25.1 Å². The molecule has 0 amide bonds. The van der Waals surface area contributed by atoms with Crippen molar-refractivity contribution in [3.63, 3.8) is 0 Å². The molecule has 31 heavy (non-hydrogen) atoms. The number of ether oxygens (including phenoxy) is 1. The second-order valence-electron chi connectivity index (χ2n) is 7.95. The quantitative estimate of drug-likeness (QED) is 0.189. The Morgan fingerprint density at radius 1 is 1.23 bits per heavy atom. The van der Waals surface area contributed by atoms with Gasteiger partial charge < -0.3 is 14.5 Å². The summed E-state index contributed by atoms with van der Waals surface area (Å²) in [6.45, 7) is 9.70. The summed E-state index contributed by atoms with van der Waals surface area (Å²) in [6.07, 6.45) is 9.12. The fourth-order valence-corrected chi connectivity index (χ4v) is 3.42. The number of carbonyl (C=O) groups excluding carboxylic acids is 1. The second kappa shape index (κ2) is 15.2. The van der Waals surface area contributed by atoms with Crippen LogP contribution in [0.3, 0.4) is 0 Å². The number of allylic oxidation sites excluding steroid dienone is 3. The molecule has 0 aliphatic rings. The summed E-state index contributed by atoms with van der Waals surface area (Å²) >= 11 is 0. The van der Waals surface area contributed by atoms with Crippen molar-refractivity contribution in [2.45, 2.75) is 73.6 Å². The highest BCUT2D eigenvalue weighted by atomic mass is 31.2. The molecule has 0 bridgehead atoms. The molecule has 0 aliphatic heterocycles. The summed E-state index contributed by atoms with van der Waals surface area (Å²) in [5, 5.41) is 0. The van der Waals surface area contributed by atoms with Gasteiger partial charge in [-0.15, -0.1) is 6.58 Å². The first kappa shape index (κ1) is 31.5. The lowest BCUT2D eigenvalue weighted by Crippen LogP contribution is -2.29. The molecule has 5 nitrogen and oxygen atoms in total. The molecule has 0 saturated carbocycles. The van der Waals surface area contributed by atoms with Crippen molar-refractivity contribution in [2.24, 2.45) is 11.3 Å². The third-order valence-corrected chi connectivity index (χ3v) is 5.85. The number of carbonyl (C=O) groups is 1. The monoisotopic (exact) mass is 454 g/mol. The maximum atomic E-state index is 12.2. The minimum atomic E-state index is -4.36. The molecule has 1 aromatic carbocycles. The first-order valence-corrected chi connectivity index (χ1v) is 12.0. The minimum Gasteiger partial charge on any atom is -0.452 e. The van der Waals surface area contributed by atoms with Crippen molar-refractivity contribution >= 4 is 13.6 Å². The van der Waals surface area contributed by atoms with E-state index in [4.69, 9.17) is 14.5 Å². The first-order valence-electron chi connectivity index (χ1n) is 10.2. The van der Waals surface area contributed by atoms with E-state index in [0.29, 0.717) is 24.7 Å². The molecule has 3 atom stereocenters. The smallest absolute Gasteiger partial charge is 0.362 e. The van der Waals surface area contributed by atoms with Gasteiger partial charge in [-0.2, -0.15) is 0 Å². The molecule has 0 aromatic heterocycles. The van der Waals surface area contributed by atoms with Gasteiger partial charge in [0.1, 0.15) is 0 Å². The van der Waals surface area contributed by atoms with Crippen LogP contribution in [-0.2, 0) is 14.1 Å². The molecule has 6 heteroatoms. The van der Waals surface area contributed by atoms with Gasteiger partial charge in [0.2, 0.25) is 0 Å². The molecule has 3 unspecified atom stereocenters. The van der Waals surface area contributed by atoms with Gasteiger partial charge in [-0.3, -0.25) is 9.36 Å². The predicted molar refractivity (Wildman–Crippen MR) is 131 cm³/mol. The van der Waals surface area contributed by atoms with Crippen molar-refractivity contribution in [1.82, 2.24) is 0 Å². The van der Waals surface area contributed by atoms with E-state index in [1.54, 1.807) is 6.92 Å². The lowest BCUT2D eigenvalue weighted by Gasteiger charge is -2.24. The molecule has 0 spiro atoms. The van der Waals surface area contributed by atoms with Gasteiger partial charge in [-0.1, -0.05) is 77.3 Å². The Hall–Kier alpha value is -1.68. The molecular formula is C25H43O5P. The predicted octanol–water partition coefficient (Wildman–Crippen LogP) is 7.08. The van der Waals surface area contributed by atoms with Crippen LogP contribution < -0.4 is 0 Å². The van der Waals surface area contributed by atoms with E-state index in [1.165, 1.54) is 5.56 Å². The van der Waals surface area contributed by atoms with Gasteiger partial charge >= 0.3 is 13.6 Å². The Bertz CT molecular complexity index is 710. The number of benzene rings is 1. The van der Waals surface area contributed by atoms with Crippen molar-refractivity contribution < 1.29 is 23.9 Å². The Morgan fingerprint density at radius 2 is 1.84 bits per heavy atom. The summed E-state index contributed by atoms with van der Waals surface area (Å²) < 4.78 is 15.8. The van der Waals surface area contributed by atoms with Crippen LogP contribution in [0.2, 0.25) is 0 Å². The fourth-order valence-electron chi connectivity index (χ4n) is 3.14. The van der Waals surface area contributed by atoms with E-state index >= 15 is 0 Å². The highest BCUT2D eigenvalue weighted by Gasteiger charge is 2.33. The van der Waals surface area contributed by atoms with E-state index in [0.717, 1.165) is 19.3 Å². The van der Waals surface area contributed by atoms with Crippen LogP contribution in [0.5, 0.6) is 0 Å². The van der Waals surface area contributed by atoms with Crippen LogP contribution >= 0.6 is 7.60 Å². The topological polar surface area (TPSA) is 83.8 Å². The lowest BCUT2D eigenvalue weighted by atomic mass is 9.83. The van der Waals surface area contributed by atoms with Gasteiger partial charge in [0.25, 0.3) is 0 Å². The molecule has 0 radical (unpaired) electrons. The number of esters is 1. The molecule has 0 fully saturated rings. The Labute approximate surface area is 189 Å². The Morgan fingerprint density at radius 3 is 2.35 bits per heavy atom. The summed E-state index contributed by atoms with van der Waals surface area (Å²) in [6, 6.07) is 10.5. The maximum absolute atomic E-state index is 12.2. The van der Waals surface area contributed by atoms with Gasteiger partial charge in [0.15, 0.2) is 6.35 Å². The molecule has 1 rings (SSSR count). The number of hydrogen-bond donors (Lipinski definition) is 2.